The van der Waals surface area contributed by atoms with Crippen molar-refractivity contribution in [1.29, 1.82) is 0 Å². The van der Waals surface area contributed by atoms with E-state index in [1.165, 1.54) is 0 Å². The van der Waals surface area contributed by atoms with Crippen LogP contribution in [-0.2, 0) is 5.54 Å². The van der Waals surface area contributed by atoms with E-state index in [9.17, 15) is 30.7 Å². The molecule has 0 heterocycles. The smallest absolute Gasteiger partial charge is 0.306 e. The third kappa shape index (κ3) is 2.21. The first-order valence-corrected chi connectivity index (χ1v) is 4.18. The number of rotatable bonds is 1. The number of halogens is 7. The van der Waals surface area contributed by atoms with Crippen LogP contribution in [0.5, 0.6) is 0 Å². The molecule has 0 saturated carbocycles. The van der Waals surface area contributed by atoms with E-state index in [1.54, 1.807) is 0 Å². The minimum absolute atomic E-state index is 0.112. The molecule has 1 rings (SSSR count). The second-order valence-electron chi connectivity index (χ2n) is 3.31. The highest BCUT2D eigenvalue weighted by molar-refractivity contribution is 5.29. The Hall–Kier alpha value is -1.31. The summed E-state index contributed by atoms with van der Waals surface area (Å²) >= 11 is 0. The Kier molecular flexibility index (Phi) is 3.13. The van der Waals surface area contributed by atoms with Crippen molar-refractivity contribution >= 4 is 0 Å². The normalized spacial score (nSPS) is 13.9. The lowest BCUT2D eigenvalue weighted by Crippen LogP contribution is -2.60. The van der Waals surface area contributed by atoms with Gasteiger partial charge >= 0.3 is 12.4 Å². The maximum Gasteiger partial charge on any atom is 0.419 e. The summed E-state index contributed by atoms with van der Waals surface area (Å²) in [5, 5.41) is 0. The number of benzene rings is 1. The second kappa shape index (κ2) is 3.86. The van der Waals surface area contributed by atoms with Crippen LogP contribution in [0.1, 0.15) is 5.56 Å². The van der Waals surface area contributed by atoms with E-state index in [-0.39, 0.29) is 6.07 Å². The van der Waals surface area contributed by atoms with E-state index < -0.39 is 29.3 Å². The standard InChI is InChI=1S/C9H6F7N/c10-6-3-1-2-5(4-6)7(17,8(11,12)13)9(14,15)16/h1-4H,17H2. The van der Waals surface area contributed by atoms with Gasteiger partial charge in [-0.1, -0.05) is 12.1 Å². The van der Waals surface area contributed by atoms with Gasteiger partial charge in [0.15, 0.2) is 0 Å². The van der Waals surface area contributed by atoms with Crippen molar-refractivity contribution in [2.75, 3.05) is 0 Å². The first-order chi connectivity index (χ1) is 7.50. The molecule has 1 aromatic rings. The number of hydrogen-bond acceptors (Lipinski definition) is 1. The lowest BCUT2D eigenvalue weighted by molar-refractivity contribution is -0.301. The van der Waals surface area contributed by atoms with Gasteiger partial charge in [0.1, 0.15) is 5.82 Å². The number of hydrogen-bond donors (Lipinski definition) is 1. The number of alkyl halides is 6. The molecule has 0 aliphatic carbocycles. The van der Waals surface area contributed by atoms with E-state index in [4.69, 9.17) is 0 Å². The monoisotopic (exact) mass is 261 g/mol. The predicted octanol–water partition coefficient (Wildman–Crippen LogP) is 3.10. The minimum atomic E-state index is -5.78. The fourth-order valence-electron chi connectivity index (χ4n) is 1.22. The first-order valence-electron chi connectivity index (χ1n) is 4.18. The summed E-state index contributed by atoms with van der Waals surface area (Å²) in [6.45, 7) is 0. The summed E-state index contributed by atoms with van der Waals surface area (Å²) in [5.74, 6) is -1.23. The lowest BCUT2D eigenvalue weighted by Gasteiger charge is -2.33. The largest absolute Gasteiger partial charge is 0.419 e. The SMILES string of the molecule is NC(c1cccc(F)c1)(C(F)(F)F)C(F)(F)F. The first kappa shape index (κ1) is 13.8. The van der Waals surface area contributed by atoms with Gasteiger partial charge in [0, 0.05) is 0 Å². The molecule has 0 aliphatic rings. The summed E-state index contributed by atoms with van der Waals surface area (Å²) in [6, 6.07) is 2.03. The van der Waals surface area contributed by atoms with Crippen molar-refractivity contribution in [3.05, 3.63) is 35.6 Å². The maximum absolute atomic E-state index is 12.7. The van der Waals surface area contributed by atoms with Gasteiger partial charge in [0.05, 0.1) is 0 Å². The molecule has 1 aromatic carbocycles. The summed E-state index contributed by atoms with van der Waals surface area (Å²) in [6.07, 6.45) is -11.6. The summed E-state index contributed by atoms with van der Waals surface area (Å²) in [5.41, 5.74) is -1.55. The van der Waals surface area contributed by atoms with E-state index in [0.29, 0.717) is 6.07 Å². The summed E-state index contributed by atoms with van der Waals surface area (Å²) in [7, 11) is 0. The molecule has 2 N–H and O–H groups in total. The van der Waals surface area contributed by atoms with Crippen LogP contribution in [0.4, 0.5) is 30.7 Å². The van der Waals surface area contributed by atoms with Crippen LogP contribution in [0.15, 0.2) is 24.3 Å². The molecule has 0 aliphatic heterocycles. The van der Waals surface area contributed by atoms with Crippen LogP contribution >= 0.6 is 0 Å². The van der Waals surface area contributed by atoms with Gasteiger partial charge in [-0.3, -0.25) is 0 Å². The van der Waals surface area contributed by atoms with Crippen molar-refractivity contribution in [3.63, 3.8) is 0 Å². The molecule has 1 nitrogen and oxygen atoms in total. The third-order valence-electron chi connectivity index (χ3n) is 2.17. The lowest BCUT2D eigenvalue weighted by atomic mass is 9.89. The van der Waals surface area contributed by atoms with Crippen molar-refractivity contribution < 1.29 is 30.7 Å². The molecular formula is C9H6F7N. The van der Waals surface area contributed by atoms with E-state index in [1.807, 2.05) is 0 Å². The highest BCUT2D eigenvalue weighted by atomic mass is 19.4. The van der Waals surface area contributed by atoms with Crippen LogP contribution in [0.2, 0.25) is 0 Å². The van der Waals surface area contributed by atoms with Crippen molar-refractivity contribution in [1.82, 2.24) is 0 Å². The van der Waals surface area contributed by atoms with Crippen LogP contribution in [0, 0.1) is 5.82 Å². The Morgan fingerprint density at radius 1 is 0.882 bits per heavy atom. The Morgan fingerprint density at radius 2 is 1.35 bits per heavy atom. The second-order valence-corrected chi connectivity index (χ2v) is 3.31. The Morgan fingerprint density at radius 3 is 1.71 bits per heavy atom. The molecule has 17 heavy (non-hydrogen) atoms. The van der Waals surface area contributed by atoms with Gasteiger partial charge in [0.2, 0.25) is 5.54 Å². The number of nitrogens with two attached hydrogens (primary N) is 1. The van der Waals surface area contributed by atoms with E-state index >= 15 is 0 Å². The molecular weight excluding hydrogens is 255 g/mol. The maximum atomic E-state index is 12.7. The van der Waals surface area contributed by atoms with Crippen LogP contribution in [-0.4, -0.2) is 12.4 Å². The van der Waals surface area contributed by atoms with Gasteiger partial charge in [0.25, 0.3) is 0 Å². The average molecular weight is 261 g/mol. The molecule has 0 spiro atoms. The molecule has 0 bridgehead atoms. The third-order valence-corrected chi connectivity index (χ3v) is 2.17. The van der Waals surface area contributed by atoms with Gasteiger partial charge in [-0.15, -0.1) is 0 Å². The zero-order chi connectivity index (χ0) is 13.5. The van der Waals surface area contributed by atoms with Gasteiger partial charge in [-0.2, -0.15) is 26.3 Å². The molecule has 0 fully saturated rings. The van der Waals surface area contributed by atoms with Crippen molar-refractivity contribution in [2.24, 2.45) is 5.73 Å². The van der Waals surface area contributed by atoms with Gasteiger partial charge in [-0.25, -0.2) is 4.39 Å². The Labute approximate surface area is 91.0 Å². The molecule has 0 aromatic heterocycles. The van der Waals surface area contributed by atoms with Crippen molar-refractivity contribution in [3.8, 4) is 0 Å². The molecule has 96 valence electrons. The fourth-order valence-corrected chi connectivity index (χ4v) is 1.22. The molecule has 8 heteroatoms. The molecule has 0 radical (unpaired) electrons. The average Bonchev–Trinajstić information content (AvgIpc) is 2.12. The highest BCUT2D eigenvalue weighted by Crippen LogP contribution is 2.48. The van der Waals surface area contributed by atoms with Gasteiger partial charge < -0.3 is 5.73 Å². The highest BCUT2D eigenvalue weighted by Gasteiger charge is 2.69. The van der Waals surface area contributed by atoms with Crippen LogP contribution in [0.3, 0.4) is 0 Å². The predicted molar refractivity (Wildman–Crippen MR) is 44.4 cm³/mol. The zero-order valence-electron chi connectivity index (χ0n) is 8.03. The van der Waals surface area contributed by atoms with Crippen molar-refractivity contribution in [2.45, 2.75) is 17.9 Å². The van der Waals surface area contributed by atoms with Gasteiger partial charge in [-0.05, 0) is 17.7 Å². The minimum Gasteiger partial charge on any atom is -0.306 e. The van der Waals surface area contributed by atoms with E-state index in [2.05, 4.69) is 5.73 Å². The summed E-state index contributed by atoms with van der Waals surface area (Å²) < 4.78 is 87.4. The fraction of sp³-hybridized carbons (Fsp3) is 0.333. The molecule has 0 amide bonds. The Bertz CT molecular complexity index is 393. The zero-order valence-corrected chi connectivity index (χ0v) is 8.03. The topological polar surface area (TPSA) is 26.0 Å². The molecule has 0 unspecified atom stereocenters. The quantitative estimate of drug-likeness (QED) is 0.772. The Balaban J connectivity index is 3.46. The molecule has 0 saturated heterocycles. The van der Waals surface area contributed by atoms with Crippen LogP contribution in [0.25, 0.3) is 0 Å². The van der Waals surface area contributed by atoms with Crippen LogP contribution < -0.4 is 5.73 Å². The summed E-state index contributed by atoms with van der Waals surface area (Å²) in [4.78, 5) is 0. The van der Waals surface area contributed by atoms with E-state index in [0.717, 1.165) is 12.1 Å². The molecule has 0 atom stereocenters.